The maximum Gasteiger partial charge on any atom is 0.339 e. The van der Waals surface area contributed by atoms with Gasteiger partial charge in [0.25, 0.3) is 0 Å². The van der Waals surface area contributed by atoms with Crippen molar-refractivity contribution in [2.24, 2.45) is 5.10 Å². The lowest BCUT2D eigenvalue weighted by Crippen LogP contribution is -2.24. The van der Waals surface area contributed by atoms with Gasteiger partial charge in [0.1, 0.15) is 12.4 Å². The van der Waals surface area contributed by atoms with Crippen molar-refractivity contribution in [1.29, 1.82) is 0 Å². The lowest BCUT2D eigenvalue weighted by atomic mass is 10.2. The first kappa shape index (κ1) is 18.2. The van der Waals surface area contributed by atoms with Crippen LogP contribution in [0.1, 0.15) is 16.7 Å². The van der Waals surface area contributed by atoms with Crippen LogP contribution in [0.15, 0.2) is 84.0 Å². The molecule has 2 N–H and O–H groups in total. The van der Waals surface area contributed by atoms with Crippen LogP contribution in [0, 0.1) is 6.92 Å². The van der Waals surface area contributed by atoms with Crippen LogP contribution in [0.5, 0.6) is 5.75 Å². The summed E-state index contributed by atoms with van der Waals surface area (Å²) in [7, 11) is 0. The molecule has 0 aliphatic heterocycles. The van der Waals surface area contributed by atoms with Crippen molar-refractivity contribution in [2.75, 3.05) is 5.32 Å². The van der Waals surface area contributed by atoms with Crippen molar-refractivity contribution in [3.8, 4) is 5.75 Å². The van der Waals surface area contributed by atoms with Crippen LogP contribution in [-0.4, -0.2) is 12.2 Å². The van der Waals surface area contributed by atoms with Crippen LogP contribution in [0.4, 0.5) is 10.5 Å². The van der Waals surface area contributed by atoms with Gasteiger partial charge in [-0.3, -0.25) is 0 Å². The van der Waals surface area contributed by atoms with E-state index in [1.807, 2.05) is 85.8 Å². The van der Waals surface area contributed by atoms with Crippen molar-refractivity contribution in [2.45, 2.75) is 13.5 Å². The molecule has 5 heteroatoms. The quantitative estimate of drug-likeness (QED) is 0.494. The summed E-state index contributed by atoms with van der Waals surface area (Å²) in [6.07, 6.45) is 1.58. The summed E-state index contributed by atoms with van der Waals surface area (Å²) in [6.45, 7) is 2.45. The van der Waals surface area contributed by atoms with E-state index < -0.39 is 0 Å². The monoisotopic (exact) mass is 359 g/mol. The van der Waals surface area contributed by atoms with E-state index in [0.717, 1.165) is 28.1 Å². The molecular weight excluding hydrogens is 338 g/mol. The number of hydrogen-bond donors (Lipinski definition) is 2. The van der Waals surface area contributed by atoms with Crippen LogP contribution in [0.25, 0.3) is 0 Å². The lowest BCUT2D eigenvalue weighted by Gasteiger charge is -2.07. The fraction of sp³-hybridized carbons (Fsp3) is 0.0909. The van der Waals surface area contributed by atoms with E-state index >= 15 is 0 Å². The van der Waals surface area contributed by atoms with Crippen molar-refractivity contribution < 1.29 is 9.53 Å². The highest BCUT2D eigenvalue weighted by atomic mass is 16.5. The molecule has 0 heterocycles. The number of carbonyl (C=O) groups excluding carboxylic acids is 1. The molecule has 5 nitrogen and oxygen atoms in total. The van der Waals surface area contributed by atoms with Gasteiger partial charge in [-0.05, 0) is 53.9 Å². The van der Waals surface area contributed by atoms with Gasteiger partial charge in [0.15, 0.2) is 0 Å². The number of aryl methyl sites for hydroxylation is 1. The molecule has 3 aromatic carbocycles. The number of rotatable bonds is 6. The Hall–Kier alpha value is -3.60. The Morgan fingerprint density at radius 2 is 1.67 bits per heavy atom. The SMILES string of the molecule is Cc1ccccc1NC(=O)NN=Cc1ccc(OCc2ccccc2)cc1. The maximum absolute atomic E-state index is 11.9. The summed E-state index contributed by atoms with van der Waals surface area (Å²) < 4.78 is 5.74. The topological polar surface area (TPSA) is 62.7 Å². The number of anilines is 1. The number of hydrazone groups is 1. The van der Waals surface area contributed by atoms with Gasteiger partial charge >= 0.3 is 6.03 Å². The molecule has 0 aromatic heterocycles. The Bertz CT molecular complexity index is 906. The molecule has 0 spiro atoms. The van der Waals surface area contributed by atoms with Crippen LogP contribution in [0.3, 0.4) is 0 Å². The van der Waals surface area contributed by atoms with Crippen LogP contribution >= 0.6 is 0 Å². The average Bonchev–Trinajstić information content (AvgIpc) is 2.70. The minimum atomic E-state index is -0.386. The van der Waals surface area contributed by atoms with Gasteiger partial charge in [-0.25, -0.2) is 10.2 Å². The van der Waals surface area contributed by atoms with Gasteiger partial charge in [0.2, 0.25) is 0 Å². The van der Waals surface area contributed by atoms with Crippen molar-refractivity contribution in [3.05, 3.63) is 95.6 Å². The van der Waals surface area contributed by atoms with Crippen LogP contribution in [0.2, 0.25) is 0 Å². The number of nitrogens with one attached hydrogen (secondary N) is 2. The normalized spacial score (nSPS) is 10.6. The third-order valence-corrected chi connectivity index (χ3v) is 3.90. The molecule has 136 valence electrons. The van der Waals surface area contributed by atoms with E-state index in [9.17, 15) is 4.79 Å². The number of ether oxygens (including phenoxy) is 1. The number of benzene rings is 3. The zero-order valence-corrected chi connectivity index (χ0v) is 15.1. The molecule has 3 rings (SSSR count). The van der Waals surface area contributed by atoms with E-state index in [4.69, 9.17) is 4.74 Å². The molecule has 0 fully saturated rings. The predicted molar refractivity (Wildman–Crippen MR) is 108 cm³/mol. The summed E-state index contributed by atoms with van der Waals surface area (Å²) in [5.74, 6) is 0.779. The lowest BCUT2D eigenvalue weighted by molar-refractivity contribution is 0.252. The van der Waals surface area contributed by atoms with Gasteiger partial charge in [0.05, 0.1) is 6.21 Å². The molecular formula is C22H21N3O2. The van der Waals surface area contributed by atoms with E-state index in [0.29, 0.717) is 6.61 Å². The second kappa shape index (κ2) is 9.20. The van der Waals surface area contributed by atoms with Crippen molar-refractivity contribution in [3.63, 3.8) is 0 Å². The molecule has 0 unspecified atom stereocenters. The number of nitrogens with zero attached hydrogens (tertiary/aromatic N) is 1. The minimum absolute atomic E-state index is 0.386. The first-order valence-corrected chi connectivity index (χ1v) is 8.63. The van der Waals surface area contributed by atoms with E-state index in [1.54, 1.807) is 6.21 Å². The number of amides is 2. The average molecular weight is 359 g/mol. The fourth-order valence-electron chi connectivity index (χ4n) is 2.42. The molecule has 0 aliphatic rings. The number of hydrogen-bond acceptors (Lipinski definition) is 3. The maximum atomic E-state index is 11.9. The molecule has 0 bridgehead atoms. The van der Waals surface area contributed by atoms with Gasteiger partial charge in [-0.15, -0.1) is 0 Å². The Morgan fingerprint density at radius 3 is 2.41 bits per heavy atom. The summed E-state index contributed by atoms with van der Waals surface area (Å²) in [5.41, 5.74) is 6.18. The Morgan fingerprint density at radius 1 is 0.963 bits per heavy atom. The molecule has 0 aliphatic carbocycles. The summed E-state index contributed by atoms with van der Waals surface area (Å²) >= 11 is 0. The highest BCUT2D eigenvalue weighted by Gasteiger charge is 2.02. The highest BCUT2D eigenvalue weighted by Crippen LogP contribution is 2.14. The highest BCUT2D eigenvalue weighted by molar-refractivity contribution is 5.91. The Labute approximate surface area is 158 Å². The zero-order valence-electron chi connectivity index (χ0n) is 15.1. The third-order valence-electron chi connectivity index (χ3n) is 3.90. The van der Waals surface area contributed by atoms with Gasteiger partial charge in [0, 0.05) is 5.69 Å². The Balaban J connectivity index is 1.47. The first-order valence-electron chi connectivity index (χ1n) is 8.63. The molecule has 2 amide bonds. The number of urea groups is 1. The zero-order chi connectivity index (χ0) is 18.9. The molecule has 0 atom stereocenters. The fourth-order valence-corrected chi connectivity index (χ4v) is 2.42. The summed E-state index contributed by atoms with van der Waals surface area (Å²) in [6, 6.07) is 24.7. The summed E-state index contributed by atoms with van der Waals surface area (Å²) in [5, 5.41) is 6.72. The minimum Gasteiger partial charge on any atom is -0.489 e. The predicted octanol–water partition coefficient (Wildman–Crippen LogP) is 4.73. The standard InChI is InChI=1S/C22H21N3O2/c1-17-7-5-6-10-21(17)24-22(26)25-23-15-18-11-13-20(14-12-18)27-16-19-8-3-2-4-9-19/h2-15H,16H2,1H3,(H2,24,25,26). The second-order valence-electron chi connectivity index (χ2n) is 5.98. The van der Waals surface area contributed by atoms with Gasteiger partial charge < -0.3 is 10.1 Å². The second-order valence-corrected chi connectivity index (χ2v) is 5.98. The van der Waals surface area contributed by atoms with Crippen LogP contribution < -0.4 is 15.5 Å². The smallest absolute Gasteiger partial charge is 0.339 e. The molecule has 27 heavy (non-hydrogen) atoms. The van der Waals surface area contributed by atoms with Gasteiger partial charge in [-0.2, -0.15) is 5.10 Å². The van der Waals surface area contributed by atoms with E-state index in [1.165, 1.54) is 0 Å². The molecule has 3 aromatic rings. The van der Waals surface area contributed by atoms with E-state index in [2.05, 4.69) is 15.8 Å². The van der Waals surface area contributed by atoms with Crippen molar-refractivity contribution >= 4 is 17.9 Å². The third kappa shape index (κ3) is 5.71. The number of para-hydroxylation sites is 1. The van der Waals surface area contributed by atoms with Crippen molar-refractivity contribution in [1.82, 2.24) is 5.43 Å². The first-order chi connectivity index (χ1) is 13.2. The van der Waals surface area contributed by atoms with Gasteiger partial charge in [-0.1, -0.05) is 48.5 Å². The largest absolute Gasteiger partial charge is 0.489 e. The van der Waals surface area contributed by atoms with Crippen LogP contribution in [-0.2, 0) is 6.61 Å². The Kier molecular flexibility index (Phi) is 6.20. The number of carbonyl (C=O) groups is 1. The van der Waals surface area contributed by atoms with E-state index in [-0.39, 0.29) is 6.03 Å². The summed E-state index contributed by atoms with van der Waals surface area (Å²) in [4.78, 5) is 11.9. The molecule has 0 saturated carbocycles. The molecule has 0 radical (unpaired) electrons. The molecule has 0 saturated heterocycles.